The first-order valence-electron chi connectivity index (χ1n) is 11.9. The van der Waals surface area contributed by atoms with Gasteiger partial charge in [-0.25, -0.2) is 0 Å². The fourth-order valence-electron chi connectivity index (χ4n) is 5.34. The Hall–Kier alpha value is -3.53. The molecule has 10 heteroatoms. The van der Waals surface area contributed by atoms with Gasteiger partial charge in [0.05, 0.1) is 32.5 Å². The zero-order chi connectivity index (χ0) is 26.7. The summed E-state index contributed by atoms with van der Waals surface area (Å²) in [5.41, 5.74) is -4.68. The number of carbonyl (C=O) groups excluding carboxylic acids is 5. The largest absolute Gasteiger partial charge is 0.465 e. The van der Waals surface area contributed by atoms with Gasteiger partial charge in [0.25, 0.3) is 0 Å². The number of hydrogen-bond donors (Lipinski definition) is 0. The predicted molar refractivity (Wildman–Crippen MR) is 126 cm³/mol. The van der Waals surface area contributed by atoms with Crippen molar-refractivity contribution in [3.63, 3.8) is 0 Å². The minimum absolute atomic E-state index is 0.150. The highest BCUT2D eigenvalue weighted by Gasteiger charge is 2.86. The Morgan fingerprint density at radius 2 is 1.17 bits per heavy atom. The van der Waals surface area contributed by atoms with Gasteiger partial charge in [-0.3, -0.25) is 28.9 Å². The SMILES string of the molecule is CCOC(=O)C1(C(=O)OCC)C2C=C(c3ccccc3)C(=O)C(N2C)C1(C(=O)OCC)C(=O)OCC. The Kier molecular flexibility index (Phi) is 7.98. The van der Waals surface area contributed by atoms with E-state index in [0.29, 0.717) is 5.56 Å². The molecule has 194 valence electrons. The third-order valence-corrected chi connectivity index (χ3v) is 6.63. The van der Waals surface area contributed by atoms with E-state index < -0.39 is 52.6 Å². The van der Waals surface area contributed by atoms with Gasteiger partial charge < -0.3 is 18.9 Å². The van der Waals surface area contributed by atoms with Crippen LogP contribution in [0, 0.1) is 10.8 Å². The average molecular weight is 502 g/mol. The third-order valence-electron chi connectivity index (χ3n) is 6.63. The van der Waals surface area contributed by atoms with Crippen molar-refractivity contribution in [2.45, 2.75) is 39.8 Å². The molecule has 10 nitrogen and oxygen atoms in total. The van der Waals surface area contributed by atoms with Crippen molar-refractivity contribution >= 4 is 35.2 Å². The van der Waals surface area contributed by atoms with Crippen LogP contribution in [-0.4, -0.2) is 80.1 Å². The molecule has 0 aliphatic carbocycles. The zero-order valence-electron chi connectivity index (χ0n) is 21.1. The minimum atomic E-state index is -2.72. The quantitative estimate of drug-likeness (QED) is 0.280. The van der Waals surface area contributed by atoms with E-state index >= 15 is 0 Å². The third kappa shape index (κ3) is 3.62. The van der Waals surface area contributed by atoms with Crippen molar-refractivity contribution in [1.29, 1.82) is 0 Å². The van der Waals surface area contributed by atoms with E-state index in [1.165, 1.54) is 45.7 Å². The summed E-state index contributed by atoms with van der Waals surface area (Å²) in [6, 6.07) is 5.70. The maximum absolute atomic E-state index is 14.0. The summed E-state index contributed by atoms with van der Waals surface area (Å²) in [5.74, 6) is -5.47. The molecular formula is C26H31NO9. The van der Waals surface area contributed by atoms with Crippen LogP contribution in [0.3, 0.4) is 0 Å². The van der Waals surface area contributed by atoms with E-state index in [2.05, 4.69) is 0 Å². The van der Waals surface area contributed by atoms with Gasteiger partial charge in [0, 0.05) is 5.57 Å². The average Bonchev–Trinajstić information content (AvgIpc) is 3.02. The van der Waals surface area contributed by atoms with Crippen molar-refractivity contribution in [3.05, 3.63) is 42.0 Å². The van der Waals surface area contributed by atoms with Crippen LogP contribution in [0.1, 0.15) is 33.3 Å². The summed E-state index contributed by atoms with van der Waals surface area (Å²) >= 11 is 0. The minimum Gasteiger partial charge on any atom is -0.465 e. The van der Waals surface area contributed by atoms with E-state index in [0.717, 1.165) is 0 Å². The van der Waals surface area contributed by atoms with Gasteiger partial charge in [-0.15, -0.1) is 0 Å². The Morgan fingerprint density at radius 3 is 1.58 bits per heavy atom. The number of likely N-dealkylation sites (N-methyl/N-ethyl adjacent to an activating group) is 1. The highest BCUT2D eigenvalue weighted by atomic mass is 16.6. The monoisotopic (exact) mass is 501 g/mol. The molecule has 2 atom stereocenters. The Morgan fingerprint density at radius 1 is 0.750 bits per heavy atom. The molecule has 2 aliphatic heterocycles. The fourth-order valence-corrected chi connectivity index (χ4v) is 5.34. The number of hydrogen-bond acceptors (Lipinski definition) is 10. The lowest BCUT2D eigenvalue weighted by molar-refractivity contribution is -0.201. The smallest absolute Gasteiger partial charge is 0.327 e. The molecule has 2 unspecified atom stereocenters. The van der Waals surface area contributed by atoms with Crippen LogP contribution in [-0.2, 0) is 42.9 Å². The normalized spacial score (nSPS) is 21.8. The summed E-state index contributed by atoms with van der Waals surface area (Å²) in [5, 5.41) is 0. The maximum atomic E-state index is 14.0. The predicted octanol–water partition coefficient (Wildman–Crippen LogP) is 1.56. The summed E-state index contributed by atoms with van der Waals surface area (Å²) in [6.07, 6.45) is 1.42. The summed E-state index contributed by atoms with van der Waals surface area (Å²) in [6.45, 7) is 5.37. The fraction of sp³-hybridized carbons (Fsp3) is 0.500. The number of ether oxygens (including phenoxy) is 4. The number of rotatable bonds is 9. The van der Waals surface area contributed by atoms with Gasteiger partial charge in [0.15, 0.2) is 5.78 Å². The molecule has 0 aromatic heterocycles. The molecule has 0 spiro atoms. The van der Waals surface area contributed by atoms with Gasteiger partial charge in [0.2, 0.25) is 10.8 Å². The summed E-state index contributed by atoms with van der Waals surface area (Å²) < 4.78 is 21.2. The van der Waals surface area contributed by atoms with Crippen LogP contribution >= 0.6 is 0 Å². The standard InChI is InChI=1S/C26H31NO9/c1-6-33-21(29)25(22(30)34-7-2)18-15-17(16-13-11-10-12-14-16)19(28)20(27(18)5)26(25,23(31)35-8-3)24(32)36-9-4/h10-15,18,20H,6-9H2,1-5H3. The molecule has 2 aliphatic rings. The molecule has 2 bridgehead atoms. The van der Waals surface area contributed by atoms with Gasteiger partial charge in [-0.05, 0) is 40.3 Å². The van der Waals surface area contributed by atoms with Crippen LogP contribution in [0.4, 0.5) is 0 Å². The first kappa shape index (κ1) is 27.1. The molecule has 2 heterocycles. The van der Waals surface area contributed by atoms with Crippen molar-refractivity contribution in [3.8, 4) is 0 Å². The molecule has 0 amide bonds. The van der Waals surface area contributed by atoms with E-state index in [1.54, 1.807) is 30.3 Å². The lowest BCUT2D eigenvalue weighted by Crippen LogP contribution is -2.66. The van der Waals surface area contributed by atoms with E-state index in [4.69, 9.17) is 18.9 Å². The Bertz CT molecular complexity index is 1040. The van der Waals surface area contributed by atoms with Gasteiger partial charge in [-0.1, -0.05) is 36.4 Å². The zero-order valence-corrected chi connectivity index (χ0v) is 21.1. The molecule has 0 radical (unpaired) electrons. The molecule has 1 aromatic rings. The number of Topliss-reactive ketones (excluding diaryl/α,β-unsaturated/α-hetero) is 1. The second-order valence-corrected chi connectivity index (χ2v) is 8.32. The van der Waals surface area contributed by atoms with Crippen LogP contribution in [0.2, 0.25) is 0 Å². The highest BCUT2D eigenvalue weighted by Crippen LogP contribution is 2.60. The molecular weight excluding hydrogens is 470 g/mol. The molecule has 1 saturated heterocycles. The number of fused-ring (bicyclic) bond motifs is 2. The van der Waals surface area contributed by atoms with Crippen LogP contribution in [0.25, 0.3) is 5.57 Å². The summed E-state index contributed by atoms with van der Waals surface area (Å²) in [7, 11) is 1.46. The number of nitrogens with zero attached hydrogens (tertiary/aromatic N) is 1. The van der Waals surface area contributed by atoms with Crippen LogP contribution in [0.5, 0.6) is 0 Å². The van der Waals surface area contributed by atoms with E-state index in [9.17, 15) is 24.0 Å². The van der Waals surface area contributed by atoms with Crippen molar-refractivity contribution in [1.82, 2.24) is 4.90 Å². The number of benzene rings is 1. The molecule has 0 saturated carbocycles. The molecule has 0 N–H and O–H groups in total. The maximum Gasteiger partial charge on any atom is 0.327 e. The van der Waals surface area contributed by atoms with Crippen LogP contribution < -0.4 is 0 Å². The van der Waals surface area contributed by atoms with Crippen molar-refractivity contribution < 1.29 is 42.9 Å². The van der Waals surface area contributed by atoms with Crippen LogP contribution in [0.15, 0.2) is 36.4 Å². The van der Waals surface area contributed by atoms with Gasteiger partial charge >= 0.3 is 23.9 Å². The highest BCUT2D eigenvalue weighted by molar-refractivity contribution is 6.31. The molecule has 3 rings (SSSR count). The Labute approximate surface area is 209 Å². The lowest BCUT2D eigenvalue weighted by atomic mass is 9.59. The van der Waals surface area contributed by atoms with Gasteiger partial charge in [0.1, 0.15) is 6.04 Å². The number of ketones is 1. The molecule has 1 aromatic carbocycles. The van der Waals surface area contributed by atoms with E-state index in [-0.39, 0.29) is 32.0 Å². The van der Waals surface area contributed by atoms with Gasteiger partial charge in [-0.2, -0.15) is 0 Å². The Balaban J connectivity index is 2.50. The summed E-state index contributed by atoms with van der Waals surface area (Å²) in [4.78, 5) is 70.8. The second kappa shape index (κ2) is 10.6. The number of esters is 4. The number of carbonyl (C=O) groups is 5. The first-order chi connectivity index (χ1) is 17.2. The second-order valence-electron chi connectivity index (χ2n) is 8.32. The first-order valence-corrected chi connectivity index (χ1v) is 11.9. The van der Waals surface area contributed by atoms with Crippen molar-refractivity contribution in [2.75, 3.05) is 33.5 Å². The topological polar surface area (TPSA) is 126 Å². The lowest BCUT2D eigenvalue weighted by Gasteiger charge is -2.39. The molecule has 36 heavy (non-hydrogen) atoms. The van der Waals surface area contributed by atoms with Crippen molar-refractivity contribution in [2.24, 2.45) is 10.8 Å². The molecule has 1 fully saturated rings. The van der Waals surface area contributed by atoms with E-state index in [1.807, 2.05) is 0 Å².